The summed E-state index contributed by atoms with van der Waals surface area (Å²) in [7, 11) is 0. The largest absolute Gasteiger partial charge is 0.393 e. The van der Waals surface area contributed by atoms with E-state index in [0.29, 0.717) is 0 Å². The van der Waals surface area contributed by atoms with E-state index in [9.17, 15) is 5.11 Å². The van der Waals surface area contributed by atoms with Crippen LogP contribution < -0.4 is 0 Å². The van der Waals surface area contributed by atoms with Crippen LogP contribution >= 0.6 is 11.8 Å². The average molecular weight is 333 g/mol. The molecule has 0 saturated carbocycles. The van der Waals surface area contributed by atoms with Gasteiger partial charge in [0.1, 0.15) is 5.44 Å². The van der Waals surface area contributed by atoms with Gasteiger partial charge in [0, 0.05) is 4.75 Å². The first-order valence-corrected chi connectivity index (χ1v) is 10.4. The molecule has 0 saturated heterocycles. The minimum Gasteiger partial charge on any atom is -0.393 e. The fourth-order valence-corrected chi connectivity index (χ4v) is 3.93. The van der Waals surface area contributed by atoms with Gasteiger partial charge in [-0.2, -0.15) is 0 Å². The summed E-state index contributed by atoms with van der Waals surface area (Å²) < 4.78 is 0.0701. The van der Waals surface area contributed by atoms with E-state index < -0.39 is 5.44 Å². The van der Waals surface area contributed by atoms with Gasteiger partial charge in [-0.25, -0.2) is 0 Å². The van der Waals surface area contributed by atoms with Gasteiger partial charge in [-0.15, -0.1) is 11.8 Å². The van der Waals surface area contributed by atoms with E-state index in [0.717, 1.165) is 6.42 Å². The Labute approximate surface area is 143 Å². The van der Waals surface area contributed by atoms with Crippen molar-refractivity contribution >= 4 is 11.8 Å². The van der Waals surface area contributed by atoms with Crippen molar-refractivity contribution in [3.8, 4) is 0 Å². The van der Waals surface area contributed by atoms with Gasteiger partial charge >= 0.3 is 0 Å². The van der Waals surface area contributed by atoms with Crippen molar-refractivity contribution < 1.29 is 10.2 Å². The summed E-state index contributed by atoms with van der Waals surface area (Å²) in [6.45, 7) is 6.45. The van der Waals surface area contributed by atoms with E-state index in [2.05, 4.69) is 20.8 Å². The molecule has 2 nitrogen and oxygen atoms in total. The van der Waals surface area contributed by atoms with E-state index in [-0.39, 0.29) is 11.4 Å². The Morgan fingerprint density at radius 1 is 0.773 bits per heavy atom. The monoisotopic (exact) mass is 332 g/mol. The molecule has 0 aromatic carbocycles. The van der Waals surface area contributed by atoms with E-state index in [1.807, 2.05) is 0 Å². The number of rotatable bonds is 16. The van der Waals surface area contributed by atoms with E-state index in [4.69, 9.17) is 5.11 Å². The fourth-order valence-electron chi connectivity index (χ4n) is 2.86. The molecule has 0 radical (unpaired) electrons. The molecule has 0 amide bonds. The van der Waals surface area contributed by atoms with Crippen LogP contribution in [0.2, 0.25) is 0 Å². The van der Waals surface area contributed by atoms with Crippen molar-refractivity contribution in [3.63, 3.8) is 0 Å². The van der Waals surface area contributed by atoms with E-state index >= 15 is 0 Å². The van der Waals surface area contributed by atoms with Crippen LogP contribution in [0.25, 0.3) is 0 Å². The van der Waals surface area contributed by atoms with Gasteiger partial charge in [0.05, 0.1) is 6.61 Å². The topological polar surface area (TPSA) is 40.5 Å². The Hall–Kier alpha value is 0.270. The summed E-state index contributed by atoms with van der Waals surface area (Å²) in [5.74, 6) is 0. The number of hydrogen-bond acceptors (Lipinski definition) is 3. The maximum absolute atomic E-state index is 9.50. The summed E-state index contributed by atoms with van der Waals surface area (Å²) in [5, 5.41) is 18.4. The summed E-state index contributed by atoms with van der Waals surface area (Å²) in [5.41, 5.74) is -0.632. The van der Waals surface area contributed by atoms with Crippen LogP contribution in [0.4, 0.5) is 0 Å². The van der Waals surface area contributed by atoms with Crippen molar-refractivity contribution in [2.75, 3.05) is 6.61 Å². The molecule has 0 aromatic rings. The molecule has 0 fully saturated rings. The molecule has 0 aliphatic rings. The lowest BCUT2D eigenvalue weighted by Gasteiger charge is -2.26. The highest BCUT2D eigenvalue weighted by Gasteiger charge is 2.21. The van der Waals surface area contributed by atoms with Crippen LogP contribution in [0.5, 0.6) is 0 Å². The zero-order valence-corrected chi connectivity index (χ0v) is 16.1. The lowest BCUT2D eigenvalue weighted by atomic mass is 10.0. The lowest BCUT2D eigenvalue weighted by Crippen LogP contribution is -2.21. The van der Waals surface area contributed by atoms with Crippen LogP contribution in [0.1, 0.15) is 104 Å². The second-order valence-electron chi connectivity index (χ2n) is 7.15. The molecule has 0 aliphatic heterocycles. The standard InChI is InChI=1S/C19H40O2S/c1-4-5-6-7-8-9-10-11-12-13-14-15-16-19(2,3)22-18(21)17-20/h18,20-21H,4-17H2,1-3H3. The van der Waals surface area contributed by atoms with Gasteiger partial charge in [0.25, 0.3) is 0 Å². The van der Waals surface area contributed by atoms with Crippen molar-refractivity contribution in [1.82, 2.24) is 0 Å². The molecule has 0 aromatic heterocycles. The van der Waals surface area contributed by atoms with Crippen LogP contribution in [0.15, 0.2) is 0 Å². The maximum atomic E-state index is 9.50. The van der Waals surface area contributed by atoms with Gasteiger partial charge in [0.15, 0.2) is 0 Å². The zero-order valence-electron chi connectivity index (χ0n) is 15.3. The van der Waals surface area contributed by atoms with Crippen LogP contribution in [-0.4, -0.2) is 27.0 Å². The van der Waals surface area contributed by atoms with Gasteiger partial charge in [-0.3, -0.25) is 0 Å². The molecule has 2 N–H and O–H groups in total. The molecule has 22 heavy (non-hydrogen) atoms. The minimum absolute atomic E-state index is 0.0701. The zero-order chi connectivity index (χ0) is 16.7. The van der Waals surface area contributed by atoms with Gasteiger partial charge in [-0.1, -0.05) is 97.8 Å². The highest BCUT2D eigenvalue weighted by Crippen LogP contribution is 2.32. The molecule has 0 aliphatic carbocycles. The van der Waals surface area contributed by atoms with Crippen LogP contribution in [0, 0.1) is 0 Å². The first-order chi connectivity index (χ1) is 10.5. The molecular weight excluding hydrogens is 292 g/mol. The predicted molar refractivity (Wildman–Crippen MR) is 100 cm³/mol. The third kappa shape index (κ3) is 15.2. The highest BCUT2D eigenvalue weighted by atomic mass is 32.2. The Morgan fingerprint density at radius 3 is 1.59 bits per heavy atom. The number of unbranched alkanes of at least 4 members (excludes halogenated alkanes) is 11. The first-order valence-electron chi connectivity index (χ1n) is 9.48. The molecule has 0 bridgehead atoms. The smallest absolute Gasteiger partial charge is 0.123 e. The van der Waals surface area contributed by atoms with Crippen molar-refractivity contribution in [1.29, 1.82) is 0 Å². The third-order valence-corrected chi connectivity index (χ3v) is 5.51. The molecule has 1 atom stereocenters. The third-order valence-electron chi connectivity index (χ3n) is 4.24. The summed E-state index contributed by atoms with van der Waals surface area (Å²) in [6, 6.07) is 0. The Bertz CT molecular complexity index is 231. The number of hydrogen-bond donors (Lipinski definition) is 2. The minimum atomic E-state index is -0.632. The van der Waals surface area contributed by atoms with Gasteiger partial charge in [-0.05, 0) is 6.42 Å². The maximum Gasteiger partial charge on any atom is 0.123 e. The number of aliphatic hydroxyl groups excluding tert-OH is 2. The molecule has 3 heteroatoms. The van der Waals surface area contributed by atoms with Gasteiger partial charge < -0.3 is 10.2 Å². The normalized spacial score (nSPS) is 13.5. The molecule has 0 heterocycles. The second kappa shape index (κ2) is 14.8. The molecule has 0 spiro atoms. The van der Waals surface area contributed by atoms with Gasteiger partial charge in [0.2, 0.25) is 0 Å². The van der Waals surface area contributed by atoms with Crippen molar-refractivity contribution in [2.45, 2.75) is 114 Å². The Balaban J connectivity index is 3.29. The first kappa shape index (κ1) is 22.3. The fraction of sp³-hybridized carbons (Fsp3) is 1.00. The molecule has 1 unspecified atom stereocenters. The van der Waals surface area contributed by atoms with Crippen molar-refractivity contribution in [3.05, 3.63) is 0 Å². The number of aliphatic hydroxyl groups is 2. The summed E-state index contributed by atoms with van der Waals surface area (Å²) in [4.78, 5) is 0. The van der Waals surface area contributed by atoms with Crippen LogP contribution in [-0.2, 0) is 0 Å². The van der Waals surface area contributed by atoms with Crippen molar-refractivity contribution in [2.24, 2.45) is 0 Å². The Kier molecular flexibility index (Phi) is 15.0. The molecule has 134 valence electrons. The quantitative estimate of drug-likeness (QED) is 0.273. The molecule has 0 rings (SSSR count). The molecular formula is C19H40O2S. The highest BCUT2D eigenvalue weighted by molar-refractivity contribution is 8.01. The summed E-state index contributed by atoms with van der Waals surface area (Å²) in [6.07, 6.45) is 17.6. The van der Waals surface area contributed by atoms with E-state index in [1.165, 1.54) is 88.8 Å². The SMILES string of the molecule is CCCCCCCCCCCCCCC(C)(C)SC(O)CO. The second-order valence-corrected chi connectivity index (χ2v) is 9.04. The van der Waals surface area contributed by atoms with E-state index in [1.54, 1.807) is 0 Å². The number of thioether (sulfide) groups is 1. The average Bonchev–Trinajstić information content (AvgIpc) is 2.47. The lowest BCUT2D eigenvalue weighted by molar-refractivity contribution is 0.159. The summed E-state index contributed by atoms with van der Waals surface area (Å²) >= 11 is 1.49. The Morgan fingerprint density at radius 2 is 1.18 bits per heavy atom. The van der Waals surface area contributed by atoms with Crippen LogP contribution in [0.3, 0.4) is 0 Å². The predicted octanol–water partition coefficient (Wildman–Crippen LogP) is 5.90.